The summed E-state index contributed by atoms with van der Waals surface area (Å²) >= 11 is 0. The van der Waals surface area contributed by atoms with Gasteiger partial charge in [-0.2, -0.15) is 0 Å². The monoisotopic (exact) mass is 315 g/mol. The van der Waals surface area contributed by atoms with E-state index < -0.39 is 15.8 Å². The van der Waals surface area contributed by atoms with Gasteiger partial charge in [0.2, 0.25) is 15.9 Å². The van der Waals surface area contributed by atoms with Crippen LogP contribution in [-0.2, 0) is 21.4 Å². The first kappa shape index (κ1) is 15.9. The predicted molar refractivity (Wildman–Crippen MR) is 75.3 cm³/mol. The number of nitrogens with one attached hydrogen (secondary N) is 1. The smallest absolute Gasteiger partial charge is 0.241 e. The van der Waals surface area contributed by atoms with E-state index in [2.05, 4.69) is 4.72 Å². The summed E-state index contributed by atoms with van der Waals surface area (Å²) in [5.41, 5.74) is 5.47. The first-order valence-electron chi connectivity index (χ1n) is 6.70. The molecule has 0 saturated carbocycles. The molecule has 0 unspecified atom stereocenters. The number of nitrogens with two attached hydrogens (primary N) is 1. The molecule has 1 saturated heterocycles. The van der Waals surface area contributed by atoms with E-state index in [0.717, 1.165) is 25.0 Å². The van der Waals surface area contributed by atoms with Crippen LogP contribution in [0.25, 0.3) is 0 Å². The van der Waals surface area contributed by atoms with Crippen molar-refractivity contribution in [1.29, 1.82) is 0 Å². The van der Waals surface area contributed by atoms with Crippen molar-refractivity contribution in [3.05, 3.63) is 29.6 Å². The minimum Gasteiger partial charge on any atom is -0.342 e. The van der Waals surface area contributed by atoms with E-state index in [-0.39, 0.29) is 29.5 Å². The highest BCUT2D eigenvalue weighted by Crippen LogP contribution is 2.15. The molecule has 6 nitrogen and oxygen atoms in total. The maximum atomic E-state index is 13.3. The maximum absolute atomic E-state index is 13.3. The molecule has 116 valence electrons. The van der Waals surface area contributed by atoms with Gasteiger partial charge in [0.25, 0.3) is 0 Å². The minimum atomic E-state index is -3.85. The summed E-state index contributed by atoms with van der Waals surface area (Å²) in [6.45, 7) is 0.933. The second-order valence-electron chi connectivity index (χ2n) is 4.87. The number of carbonyl (C=O) groups excluding carboxylic acids is 1. The van der Waals surface area contributed by atoms with Gasteiger partial charge in [0.15, 0.2) is 0 Å². The van der Waals surface area contributed by atoms with Gasteiger partial charge < -0.3 is 10.6 Å². The number of benzene rings is 1. The van der Waals surface area contributed by atoms with E-state index in [1.165, 1.54) is 6.07 Å². The van der Waals surface area contributed by atoms with Crippen LogP contribution in [0.1, 0.15) is 18.4 Å². The van der Waals surface area contributed by atoms with Crippen LogP contribution in [0.15, 0.2) is 23.1 Å². The summed E-state index contributed by atoms with van der Waals surface area (Å²) in [5, 5.41) is 0. The zero-order chi connectivity index (χ0) is 15.5. The van der Waals surface area contributed by atoms with Crippen LogP contribution in [0, 0.1) is 5.82 Å². The lowest BCUT2D eigenvalue weighted by atomic mass is 10.2. The number of halogens is 1. The van der Waals surface area contributed by atoms with Crippen molar-refractivity contribution in [2.75, 3.05) is 19.6 Å². The molecule has 1 aromatic carbocycles. The first-order valence-corrected chi connectivity index (χ1v) is 8.18. The normalized spacial score (nSPS) is 15.4. The SMILES string of the molecule is NCc1cc(S(=O)(=O)NCC(=O)N2CCCC2)ccc1F. The van der Waals surface area contributed by atoms with Crippen LogP contribution in [0.3, 0.4) is 0 Å². The van der Waals surface area contributed by atoms with E-state index in [4.69, 9.17) is 5.73 Å². The van der Waals surface area contributed by atoms with E-state index >= 15 is 0 Å². The van der Waals surface area contributed by atoms with Crippen molar-refractivity contribution < 1.29 is 17.6 Å². The van der Waals surface area contributed by atoms with E-state index in [1.807, 2.05) is 0 Å². The highest BCUT2D eigenvalue weighted by atomic mass is 32.2. The average molecular weight is 315 g/mol. The zero-order valence-corrected chi connectivity index (χ0v) is 12.3. The molecule has 0 aliphatic carbocycles. The molecule has 3 N–H and O–H groups in total. The lowest BCUT2D eigenvalue weighted by Gasteiger charge is -2.15. The van der Waals surface area contributed by atoms with E-state index in [0.29, 0.717) is 13.1 Å². The molecule has 0 radical (unpaired) electrons. The fraction of sp³-hybridized carbons (Fsp3) is 0.462. The Morgan fingerprint density at radius 3 is 2.62 bits per heavy atom. The number of nitrogens with zero attached hydrogens (tertiary/aromatic N) is 1. The van der Waals surface area contributed by atoms with Gasteiger partial charge in [-0.15, -0.1) is 0 Å². The molecular formula is C13H18FN3O3S. The third-order valence-electron chi connectivity index (χ3n) is 3.42. The van der Waals surface area contributed by atoms with E-state index in [1.54, 1.807) is 4.90 Å². The molecule has 2 rings (SSSR count). The van der Waals surface area contributed by atoms with Gasteiger partial charge in [-0.05, 0) is 31.0 Å². The Balaban J connectivity index is 2.06. The van der Waals surface area contributed by atoms with Crippen LogP contribution in [0.4, 0.5) is 4.39 Å². The third kappa shape index (κ3) is 3.78. The summed E-state index contributed by atoms with van der Waals surface area (Å²) < 4.78 is 39.7. The number of carbonyl (C=O) groups is 1. The number of hydrogen-bond donors (Lipinski definition) is 2. The Bertz CT molecular complexity index is 628. The molecule has 1 fully saturated rings. The highest BCUT2D eigenvalue weighted by molar-refractivity contribution is 7.89. The number of rotatable bonds is 5. The largest absolute Gasteiger partial charge is 0.342 e. The fourth-order valence-corrected chi connectivity index (χ4v) is 3.22. The topological polar surface area (TPSA) is 92.5 Å². The van der Waals surface area contributed by atoms with Crippen LogP contribution >= 0.6 is 0 Å². The van der Waals surface area contributed by atoms with E-state index in [9.17, 15) is 17.6 Å². The minimum absolute atomic E-state index is 0.0953. The van der Waals surface area contributed by atoms with Crippen molar-refractivity contribution in [1.82, 2.24) is 9.62 Å². The molecule has 8 heteroatoms. The molecule has 21 heavy (non-hydrogen) atoms. The molecule has 1 aliphatic rings. The highest BCUT2D eigenvalue weighted by Gasteiger charge is 2.21. The molecule has 0 atom stereocenters. The van der Waals surface area contributed by atoms with Crippen LogP contribution < -0.4 is 10.5 Å². The number of likely N-dealkylation sites (tertiary alicyclic amines) is 1. The van der Waals surface area contributed by atoms with Crippen LogP contribution in [-0.4, -0.2) is 38.9 Å². The molecular weight excluding hydrogens is 297 g/mol. The van der Waals surface area contributed by atoms with Crippen LogP contribution in [0.2, 0.25) is 0 Å². The molecule has 1 amide bonds. The lowest BCUT2D eigenvalue weighted by molar-refractivity contribution is -0.128. The van der Waals surface area contributed by atoms with Crippen molar-refractivity contribution in [2.24, 2.45) is 5.73 Å². The van der Waals surface area contributed by atoms with Gasteiger partial charge in [-0.25, -0.2) is 17.5 Å². The molecule has 0 bridgehead atoms. The first-order chi connectivity index (χ1) is 9.94. The summed E-state index contributed by atoms with van der Waals surface area (Å²) in [6.07, 6.45) is 1.88. The second-order valence-corrected chi connectivity index (χ2v) is 6.64. The van der Waals surface area contributed by atoms with Crippen molar-refractivity contribution >= 4 is 15.9 Å². The van der Waals surface area contributed by atoms with Crippen molar-refractivity contribution in [3.8, 4) is 0 Å². The lowest BCUT2D eigenvalue weighted by Crippen LogP contribution is -2.38. The van der Waals surface area contributed by atoms with Gasteiger partial charge in [-0.3, -0.25) is 4.79 Å². The van der Waals surface area contributed by atoms with Gasteiger partial charge >= 0.3 is 0 Å². The molecule has 1 aromatic rings. The molecule has 1 heterocycles. The summed E-state index contributed by atoms with van der Waals surface area (Å²) in [5.74, 6) is -0.804. The van der Waals surface area contributed by atoms with Crippen molar-refractivity contribution in [3.63, 3.8) is 0 Å². The Labute approximate surface area is 123 Å². The van der Waals surface area contributed by atoms with Crippen LogP contribution in [0.5, 0.6) is 0 Å². The fourth-order valence-electron chi connectivity index (χ4n) is 2.19. The predicted octanol–water partition coefficient (Wildman–Crippen LogP) is 0.185. The summed E-state index contributed by atoms with van der Waals surface area (Å²) in [7, 11) is -3.85. The summed E-state index contributed by atoms with van der Waals surface area (Å²) in [4.78, 5) is 13.3. The van der Waals surface area contributed by atoms with Crippen molar-refractivity contribution in [2.45, 2.75) is 24.3 Å². The Morgan fingerprint density at radius 1 is 1.33 bits per heavy atom. The van der Waals surface area contributed by atoms with Gasteiger partial charge in [0.1, 0.15) is 5.82 Å². The van der Waals surface area contributed by atoms with Gasteiger partial charge in [0.05, 0.1) is 11.4 Å². The Morgan fingerprint density at radius 2 is 2.00 bits per heavy atom. The zero-order valence-electron chi connectivity index (χ0n) is 11.5. The Kier molecular flexibility index (Phi) is 4.92. The summed E-state index contributed by atoms with van der Waals surface area (Å²) in [6, 6.07) is 3.38. The maximum Gasteiger partial charge on any atom is 0.241 e. The molecule has 0 aromatic heterocycles. The third-order valence-corrected chi connectivity index (χ3v) is 4.82. The Hall–Kier alpha value is -1.51. The average Bonchev–Trinajstić information content (AvgIpc) is 2.99. The molecule has 1 aliphatic heterocycles. The number of amides is 1. The second kappa shape index (κ2) is 6.50. The molecule has 0 spiro atoms. The number of sulfonamides is 1. The van der Waals surface area contributed by atoms with Gasteiger partial charge in [0, 0.05) is 25.2 Å². The number of hydrogen-bond acceptors (Lipinski definition) is 4. The quantitative estimate of drug-likeness (QED) is 0.811. The van der Waals surface area contributed by atoms with Gasteiger partial charge in [-0.1, -0.05) is 0 Å². The standard InChI is InChI=1S/C13H18FN3O3S/c14-12-4-3-11(7-10(12)8-15)21(19,20)16-9-13(18)17-5-1-2-6-17/h3-4,7,16H,1-2,5-6,8-9,15H2.